The largest absolute Gasteiger partial charge is 0.395 e. The van der Waals surface area contributed by atoms with Crippen molar-refractivity contribution >= 4 is 6.03 Å². The topological polar surface area (TPSA) is 70.4 Å². The van der Waals surface area contributed by atoms with Crippen LogP contribution in [0, 0.1) is 5.92 Å². The van der Waals surface area contributed by atoms with Gasteiger partial charge in [0.25, 0.3) is 0 Å². The van der Waals surface area contributed by atoms with Crippen molar-refractivity contribution in [2.75, 3.05) is 20.2 Å². The molecule has 0 atom stereocenters. The summed E-state index contributed by atoms with van der Waals surface area (Å²) in [6.45, 7) is 5.85. The number of carbonyl (C=O) groups excluding carboxylic acids is 1. The Morgan fingerprint density at radius 3 is 2.94 bits per heavy atom. The summed E-state index contributed by atoms with van der Waals surface area (Å²) in [4.78, 5) is 17.3. The van der Waals surface area contributed by atoms with Gasteiger partial charge < -0.3 is 19.9 Å². The number of likely N-dealkylation sites (N-methyl/N-ethyl adjacent to an activating group) is 1. The van der Waals surface area contributed by atoms with Gasteiger partial charge in [0.15, 0.2) is 0 Å². The first-order valence-corrected chi connectivity index (χ1v) is 6.14. The van der Waals surface area contributed by atoms with Crippen molar-refractivity contribution in [1.82, 2.24) is 19.8 Å². The molecule has 1 rings (SSSR count). The van der Waals surface area contributed by atoms with E-state index in [1.807, 2.05) is 10.8 Å². The monoisotopic (exact) mass is 254 g/mol. The Morgan fingerprint density at radius 2 is 2.33 bits per heavy atom. The minimum absolute atomic E-state index is 0.0358. The standard InChI is InChI=1S/C12H22N4O2/c1-10(2)9-16-5-4-13-11(16)8-14-12(18)15(3)6-7-17/h4-5,10,17H,6-9H2,1-3H3,(H,14,18). The van der Waals surface area contributed by atoms with E-state index in [2.05, 4.69) is 24.1 Å². The summed E-state index contributed by atoms with van der Waals surface area (Å²) in [5.74, 6) is 1.38. The zero-order valence-corrected chi connectivity index (χ0v) is 11.3. The van der Waals surface area contributed by atoms with E-state index in [4.69, 9.17) is 5.11 Å². The van der Waals surface area contributed by atoms with Crippen molar-refractivity contribution in [1.29, 1.82) is 0 Å². The molecule has 18 heavy (non-hydrogen) atoms. The first-order chi connectivity index (χ1) is 8.54. The van der Waals surface area contributed by atoms with E-state index in [0.29, 0.717) is 19.0 Å². The number of amides is 2. The molecule has 0 saturated heterocycles. The molecule has 0 radical (unpaired) electrons. The summed E-state index contributed by atoms with van der Waals surface area (Å²) in [7, 11) is 1.64. The van der Waals surface area contributed by atoms with Gasteiger partial charge in [-0.3, -0.25) is 0 Å². The predicted molar refractivity (Wildman–Crippen MR) is 69.0 cm³/mol. The normalized spacial score (nSPS) is 10.7. The average Bonchev–Trinajstić information content (AvgIpc) is 2.72. The molecule has 102 valence electrons. The number of hydrogen-bond donors (Lipinski definition) is 2. The fraction of sp³-hybridized carbons (Fsp3) is 0.667. The fourth-order valence-electron chi connectivity index (χ4n) is 1.61. The zero-order valence-electron chi connectivity index (χ0n) is 11.3. The summed E-state index contributed by atoms with van der Waals surface area (Å²) in [5, 5.41) is 11.5. The lowest BCUT2D eigenvalue weighted by Gasteiger charge is -2.17. The minimum atomic E-state index is -0.205. The van der Waals surface area contributed by atoms with Crippen molar-refractivity contribution in [3.8, 4) is 0 Å². The van der Waals surface area contributed by atoms with Crippen LogP contribution in [-0.2, 0) is 13.1 Å². The molecule has 0 spiro atoms. The minimum Gasteiger partial charge on any atom is -0.395 e. The molecule has 0 aliphatic carbocycles. The highest BCUT2D eigenvalue weighted by Gasteiger charge is 2.09. The molecule has 6 heteroatoms. The lowest BCUT2D eigenvalue weighted by atomic mass is 10.2. The first-order valence-electron chi connectivity index (χ1n) is 6.14. The van der Waals surface area contributed by atoms with Crippen LogP contribution in [0.3, 0.4) is 0 Å². The van der Waals surface area contributed by atoms with Gasteiger partial charge in [-0.25, -0.2) is 9.78 Å². The molecular weight excluding hydrogens is 232 g/mol. The molecule has 2 N–H and O–H groups in total. The van der Waals surface area contributed by atoms with Crippen LogP contribution in [0.5, 0.6) is 0 Å². The van der Waals surface area contributed by atoms with E-state index in [9.17, 15) is 4.79 Å². The number of carbonyl (C=O) groups is 1. The third kappa shape index (κ3) is 4.37. The van der Waals surface area contributed by atoms with Gasteiger partial charge in [0.1, 0.15) is 5.82 Å². The van der Waals surface area contributed by atoms with Crippen molar-refractivity contribution in [3.05, 3.63) is 18.2 Å². The number of nitrogens with one attached hydrogen (secondary N) is 1. The number of rotatable bonds is 6. The molecule has 2 amide bonds. The van der Waals surface area contributed by atoms with Gasteiger partial charge in [0.2, 0.25) is 0 Å². The van der Waals surface area contributed by atoms with E-state index in [1.54, 1.807) is 13.2 Å². The van der Waals surface area contributed by atoms with E-state index >= 15 is 0 Å². The van der Waals surface area contributed by atoms with Crippen LogP contribution in [-0.4, -0.2) is 45.8 Å². The Bertz CT molecular complexity index is 376. The highest BCUT2D eigenvalue weighted by atomic mass is 16.3. The highest BCUT2D eigenvalue weighted by molar-refractivity contribution is 5.73. The second-order valence-corrected chi connectivity index (χ2v) is 4.69. The molecular formula is C12H22N4O2. The Balaban J connectivity index is 2.48. The van der Waals surface area contributed by atoms with Gasteiger partial charge in [-0.1, -0.05) is 13.8 Å². The Kier molecular flexibility index (Phi) is 5.64. The van der Waals surface area contributed by atoms with Gasteiger partial charge in [-0.2, -0.15) is 0 Å². The first kappa shape index (κ1) is 14.5. The molecule has 1 aromatic heterocycles. The predicted octanol–water partition coefficient (Wildman–Crippen LogP) is 0.673. The number of aromatic nitrogens is 2. The molecule has 6 nitrogen and oxygen atoms in total. The van der Waals surface area contributed by atoms with E-state index in [1.165, 1.54) is 4.90 Å². The summed E-state index contributed by atoms with van der Waals surface area (Å²) in [6, 6.07) is -0.205. The van der Waals surface area contributed by atoms with Crippen LogP contribution >= 0.6 is 0 Å². The molecule has 0 aliphatic rings. The van der Waals surface area contributed by atoms with Gasteiger partial charge >= 0.3 is 6.03 Å². The van der Waals surface area contributed by atoms with Crippen LogP contribution in [0.2, 0.25) is 0 Å². The van der Waals surface area contributed by atoms with Crippen molar-refractivity contribution in [2.45, 2.75) is 26.9 Å². The molecule has 0 saturated carbocycles. The molecule has 0 aromatic carbocycles. The molecule has 1 heterocycles. The highest BCUT2D eigenvalue weighted by Crippen LogP contribution is 2.03. The van der Waals surface area contributed by atoms with E-state index < -0.39 is 0 Å². The lowest BCUT2D eigenvalue weighted by Crippen LogP contribution is -2.38. The maximum absolute atomic E-state index is 11.6. The molecule has 0 bridgehead atoms. The quantitative estimate of drug-likeness (QED) is 0.784. The number of aliphatic hydroxyl groups is 1. The number of aliphatic hydroxyl groups excluding tert-OH is 1. The van der Waals surface area contributed by atoms with Crippen molar-refractivity contribution in [2.24, 2.45) is 5.92 Å². The van der Waals surface area contributed by atoms with Gasteiger partial charge in [0.05, 0.1) is 13.2 Å². The number of imidazole rings is 1. The van der Waals surface area contributed by atoms with Crippen LogP contribution in [0.1, 0.15) is 19.7 Å². The van der Waals surface area contributed by atoms with Crippen LogP contribution in [0.25, 0.3) is 0 Å². The number of nitrogens with zero attached hydrogens (tertiary/aromatic N) is 3. The molecule has 0 fully saturated rings. The number of urea groups is 1. The fourth-order valence-corrected chi connectivity index (χ4v) is 1.61. The average molecular weight is 254 g/mol. The molecule has 1 aromatic rings. The summed E-state index contributed by atoms with van der Waals surface area (Å²) in [6.07, 6.45) is 3.65. The molecule has 0 aliphatic heterocycles. The second kappa shape index (κ2) is 7.00. The Hall–Kier alpha value is -1.56. The number of hydrogen-bond acceptors (Lipinski definition) is 3. The van der Waals surface area contributed by atoms with E-state index in [0.717, 1.165) is 12.4 Å². The lowest BCUT2D eigenvalue weighted by molar-refractivity contribution is 0.190. The maximum Gasteiger partial charge on any atom is 0.317 e. The molecule has 0 unspecified atom stereocenters. The van der Waals surface area contributed by atoms with Gasteiger partial charge in [-0.15, -0.1) is 0 Å². The summed E-state index contributed by atoms with van der Waals surface area (Å²) < 4.78 is 2.04. The SMILES string of the molecule is CC(C)Cn1ccnc1CNC(=O)N(C)CCO. The van der Waals surface area contributed by atoms with Crippen molar-refractivity contribution < 1.29 is 9.90 Å². The van der Waals surface area contributed by atoms with Crippen LogP contribution in [0.15, 0.2) is 12.4 Å². The second-order valence-electron chi connectivity index (χ2n) is 4.69. The van der Waals surface area contributed by atoms with Gasteiger partial charge in [0, 0.05) is 32.5 Å². The Labute approximate surface area is 108 Å². The third-order valence-corrected chi connectivity index (χ3v) is 2.54. The maximum atomic E-state index is 11.6. The summed E-state index contributed by atoms with van der Waals surface area (Å²) >= 11 is 0. The zero-order chi connectivity index (χ0) is 13.5. The van der Waals surface area contributed by atoms with Crippen molar-refractivity contribution in [3.63, 3.8) is 0 Å². The Morgan fingerprint density at radius 1 is 1.61 bits per heavy atom. The summed E-state index contributed by atoms with van der Waals surface area (Å²) in [5.41, 5.74) is 0. The smallest absolute Gasteiger partial charge is 0.317 e. The third-order valence-electron chi connectivity index (χ3n) is 2.54. The van der Waals surface area contributed by atoms with Crippen LogP contribution < -0.4 is 5.32 Å². The van der Waals surface area contributed by atoms with E-state index in [-0.39, 0.29) is 12.6 Å². The van der Waals surface area contributed by atoms with Gasteiger partial charge in [-0.05, 0) is 5.92 Å². The van der Waals surface area contributed by atoms with Crippen LogP contribution in [0.4, 0.5) is 4.79 Å².